The predicted molar refractivity (Wildman–Crippen MR) is 108 cm³/mol. The van der Waals surface area contributed by atoms with E-state index in [1.54, 1.807) is 11.9 Å². The van der Waals surface area contributed by atoms with Crippen molar-refractivity contribution in [2.75, 3.05) is 12.8 Å². The number of aryl methyl sites for hydroxylation is 1. The molecule has 1 atom stereocenters. The minimum atomic E-state index is -0.00421. The van der Waals surface area contributed by atoms with Crippen molar-refractivity contribution in [3.8, 4) is 5.75 Å². The summed E-state index contributed by atoms with van der Waals surface area (Å²) in [7, 11) is 1.80. The normalized spacial score (nSPS) is 11.8. The molecule has 3 aromatic rings. The Morgan fingerprint density at radius 1 is 1.14 bits per heavy atom. The summed E-state index contributed by atoms with van der Waals surface area (Å²) < 4.78 is 11.2. The van der Waals surface area contributed by atoms with Gasteiger partial charge in [-0.1, -0.05) is 59.8 Å². The standard InChI is InChI=1S/C21H23N3O3S/c1-15-9-11-18(12-10-15)26-13-19-22-23-21(27-19)28-14-20(25)24(3)16(2)17-7-5-4-6-8-17/h4-12,16H,13-14H2,1-3H3. The van der Waals surface area contributed by atoms with Crippen LogP contribution in [0.25, 0.3) is 0 Å². The van der Waals surface area contributed by atoms with Gasteiger partial charge in [-0.25, -0.2) is 0 Å². The molecule has 2 aromatic carbocycles. The first-order chi connectivity index (χ1) is 13.5. The Hall–Kier alpha value is -2.80. The van der Waals surface area contributed by atoms with E-state index in [4.69, 9.17) is 9.15 Å². The molecule has 0 spiro atoms. The summed E-state index contributed by atoms with van der Waals surface area (Å²) in [5, 5.41) is 8.30. The van der Waals surface area contributed by atoms with Crippen LogP contribution in [0, 0.1) is 6.92 Å². The molecule has 28 heavy (non-hydrogen) atoms. The van der Waals surface area contributed by atoms with Crippen LogP contribution < -0.4 is 4.74 Å². The zero-order valence-corrected chi connectivity index (χ0v) is 17.0. The van der Waals surface area contributed by atoms with Crippen LogP contribution in [-0.2, 0) is 11.4 Å². The van der Waals surface area contributed by atoms with Gasteiger partial charge in [-0.15, -0.1) is 10.2 Å². The first kappa shape index (κ1) is 19.9. The van der Waals surface area contributed by atoms with Gasteiger partial charge in [0.15, 0.2) is 6.61 Å². The molecule has 1 aromatic heterocycles. The maximum Gasteiger partial charge on any atom is 0.277 e. The van der Waals surface area contributed by atoms with E-state index < -0.39 is 0 Å². The summed E-state index contributed by atoms with van der Waals surface area (Å²) in [6.45, 7) is 4.21. The lowest BCUT2D eigenvalue weighted by Gasteiger charge is -2.25. The van der Waals surface area contributed by atoms with E-state index >= 15 is 0 Å². The van der Waals surface area contributed by atoms with E-state index in [0.717, 1.165) is 11.3 Å². The fourth-order valence-corrected chi connectivity index (χ4v) is 3.24. The van der Waals surface area contributed by atoms with Gasteiger partial charge in [-0.2, -0.15) is 0 Å². The summed E-state index contributed by atoms with van der Waals surface area (Å²) >= 11 is 1.23. The van der Waals surface area contributed by atoms with E-state index in [9.17, 15) is 4.79 Å². The van der Waals surface area contributed by atoms with Crippen molar-refractivity contribution >= 4 is 17.7 Å². The van der Waals surface area contributed by atoms with Gasteiger partial charge < -0.3 is 14.1 Å². The quantitative estimate of drug-likeness (QED) is 0.529. The average Bonchev–Trinajstić information content (AvgIpc) is 3.19. The van der Waals surface area contributed by atoms with Crippen molar-refractivity contribution in [1.29, 1.82) is 0 Å². The summed E-state index contributed by atoms with van der Waals surface area (Å²) in [6, 6.07) is 17.7. The van der Waals surface area contributed by atoms with Crippen molar-refractivity contribution in [3.63, 3.8) is 0 Å². The molecule has 1 heterocycles. The van der Waals surface area contributed by atoms with Crippen molar-refractivity contribution in [2.45, 2.75) is 31.7 Å². The number of rotatable bonds is 8. The zero-order valence-electron chi connectivity index (χ0n) is 16.2. The second kappa shape index (κ2) is 9.41. The lowest BCUT2D eigenvalue weighted by Crippen LogP contribution is -2.31. The van der Waals surface area contributed by atoms with Crippen molar-refractivity contribution < 1.29 is 13.9 Å². The average molecular weight is 398 g/mol. The summed E-state index contributed by atoms with van der Waals surface area (Å²) in [5.41, 5.74) is 2.26. The fourth-order valence-electron chi connectivity index (χ4n) is 2.53. The van der Waals surface area contributed by atoms with Crippen LogP contribution in [0.1, 0.15) is 30.0 Å². The van der Waals surface area contributed by atoms with E-state index in [1.165, 1.54) is 17.3 Å². The third kappa shape index (κ3) is 5.36. The van der Waals surface area contributed by atoms with Gasteiger partial charge in [0.2, 0.25) is 5.91 Å². The molecule has 0 saturated carbocycles. The first-order valence-electron chi connectivity index (χ1n) is 8.98. The van der Waals surface area contributed by atoms with Gasteiger partial charge in [0.25, 0.3) is 11.1 Å². The summed E-state index contributed by atoms with van der Waals surface area (Å²) in [6.07, 6.45) is 0. The molecule has 3 rings (SSSR count). The molecule has 1 amide bonds. The van der Waals surface area contributed by atoms with Crippen LogP contribution in [0.4, 0.5) is 0 Å². The second-order valence-electron chi connectivity index (χ2n) is 6.44. The molecule has 0 N–H and O–H groups in total. The largest absolute Gasteiger partial charge is 0.484 e. The number of aromatic nitrogens is 2. The molecule has 0 fully saturated rings. The highest BCUT2D eigenvalue weighted by molar-refractivity contribution is 7.99. The first-order valence-corrected chi connectivity index (χ1v) is 9.96. The molecule has 146 valence electrons. The van der Waals surface area contributed by atoms with Crippen molar-refractivity contribution in [2.24, 2.45) is 0 Å². The molecule has 1 unspecified atom stereocenters. The second-order valence-corrected chi connectivity index (χ2v) is 7.37. The number of carbonyl (C=O) groups excluding carboxylic acids is 1. The molecule has 6 nitrogen and oxygen atoms in total. The SMILES string of the molecule is Cc1ccc(OCc2nnc(SCC(=O)N(C)C(C)c3ccccc3)o2)cc1. The van der Waals surface area contributed by atoms with E-state index in [0.29, 0.717) is 11.1 Å². The maximum atomic E-state index is 12.5. The number of thioether (sulfide) groups is 1. The van der Waals surface area contributed by atoms with Crippen LogP contribution in [0.15, 0.2) is 64.2 Å². The Balaban J connectivity index is 1.48. The maximum absolute atomic E-state index is 12.5. The Morgan fingerprint density at radius 3 is 2.57 bits per heavy atom. The Labute approximate surface area is 168 Å². The number of benzene rings is 2. The third-order valence-corrected chi connectivity index (χ3v) is 5.21. The van der Waals surface area contributed by atoms with E-state index in [2.05, 4.69) is 10.2 Å². The van der Waals surface area contributed by atoms with Gasteiger partial charge in [0, 0.05) is 7.05 Å². The smallest absolute Gasteiger partial charge is 0.277 e. The molecule has 0 aliphatic rings. The number of amides is 1. The Kier molecular flexibility index (Phi) is 6.71. The third-order valence-electron chi connectivity index (χ3n) is 4.41. The van der Waals surface area contributed by atoms with Crippen LogP contribution >= 0.6 is 11.8 Å². The van der Waals surface area contributed by atoms with Crippen LogP contribution in [0.3, 0.4) is 0 Å². The highest BCUT2D eigenvalue weighted by Crippen LogP contribution is 2.22. The molecule has 7 heteroatoms. The van der Waals surface area contributed by atoms with Gasteiger partial charge in [-0.3, -0.25) is 4.79 Å². The fraction of sp³-hybridized carbons (Fsp3) is 0.286. The van der Waals surface area contributed by atoms with Gasteiger partial charge >= 0.3 is 0 Å². The lowest BCUT2D eigenvalue weighted by molar-refractivity contribution is -0.128. The monoisotopic (exact) mass is 397 g/mol. The van der Waals surface area contributed by atoms with E-state index in [1.807, 2.05) is 68.4 Å². The molecular weight excluding hydrogens is 374 g/mol. The topological polar surface area (TPSA) is 68.5 Å². The molecule has 0 radical (unpaired) electrons. The van der Waals surface area contributed by atoms with Gasteiger partial charge in [-0.05, 0) is 31.5 Å². The number of carbonyl (C=O) groups is 1. The Morgan fingerprint density at radius 2 is 1.86 bits per heavy atom. The van der Waals surface area contributed by atoms with Crippen molar-refractivity contribution in [3.05, 3.63) is 71.6 Å². The Bertz CT molecular complexity index is 897. The minimum Gasteiger partial charge on any atom is -0.484 e. The summed E-state index contributed by atoms with van der Waals surface area (Å²) in [5.74, 6) is 1.34. The number of ether oxygens (including phenoxy) is 1. The number of hydrogen-bond donors (Lipinski definition) is 0. The highest BCUT2D eigenvalue weighted by atomic mass is 32.2. The molecule has 0 aliphatic heterocycles. The molecular formula is C21H23N3O3S. The van der Waals surface area contributed by atoms with Crippen molar-refractivity contribution in [1.82, 2.24) is 15.1 Å². The lowest BCUT2D eigenvalue weighted by atomic mass is 10.1. The van der Waals surface area contributed by atoms with E-state index in [-0.39, 0.29) is 24.3 Å². The van der Waals surface area contributed by atoms with Gasteiger partial charge in [0.05, 0.1) is 11.8 Å². The molecule has 0 saturated heterocycles. The number of hydrogen-bond acceptors (Lipinski definition) is 6. The molecule has 0 bridgehead atoms. The van der Waals surface area contributed by atoms with Gasteiger partial charge in [0.1, 0.15) is 5.75 Å². The zero-order chi connectivity index (χ0) is 19.9. The number of nitrogens with zero attached hydrogens (tertiary/aromatic N) is 3. The predicted octanol–water partition coefficient (Wildman–Crippen LogP) is 4.27. The van der Waals surface area contributed by atoms with Crippen LogP contribution in [0.5, 0.6) is 5.75 Å². The van der Waals surface area contributed by atoms with Crippen LogP contribution in [-0.4, -0.2) is 33.8 Å². The highest BCUT2D eigenvalue weighted by Gasteiger charge is 2.18. The molecule has 0 aliphatic carbocycles. The van der Waals surface area contributed by atoms with Crippen LogP contribution in [0.2, 0.25) is 0 Å². The minimum absolute atomic E-state index is 0.00277. The summed E-state index contributed by atoms with van der Waals surface area (Å²) in [4.78, 5) is 14.2.